The Morgan fingerprint density at radius 2 is 1.57 bits per heavy atom. The summed E-state index contributed by atoms with van der Waals surface area (Å²) in [4.78, 5) is 27.3. The lowest BCUT2D eigenvalue weighted by molar-refractivity contribution is 0.0962. The van der Waals surface area contributed by atoms with Crippen LogP contribution in [0.4, 0.5) is 9.18 Å². The van der Waals surface area contributed by atoms with Crippen molar-refractivity contribution in [1.82, 2.24) is 10.2 Å². The van der Waals surface area contributed by atoms with E-state index in [1.807, 2.05) is 20.8 Å². The molecule has 0 aromatic heterocycles. The summed E-state index contributed by atoms with van der Waals surface area (Å²) in [5, 5.41) is 11.2. The van der Waals surface area contributed by atoms with Crippen LogP contribution in [0.3, 0.4) is 0 Å². The maximum atomic E-state index is 15.4. The van der Waals surface area contributed by atoms with E-state index in [0.29, 0.717) is 36.4 Å². The van der Waals surface area contributed by atoms with Crippen LogP contribution < -0.4 is 24.3 Å². The van der Waals surface area contributed by atoms with Crippen LogP contribution in [0.5, 0.6) is 23.0 Å². The quantitative estimate of drug-likeness (QED) is 0.294. The highest BCUT2D eigenvalue weighted by atomic mass is 79.9. The summed E-state index contributed by atoms with van der Waals surface area (Å²) in [5.74, 6) is -0.296. The molecule has 0 fully saturated rings. The summed E-state index contributed by atoms with van der Waals surface area (Å²) in [6.45, 7) is 14.2. The van der Waals surface area contributed by atoms with Crippen molar-refractivity contribution in [2.24, 2.45) is 0 Å². The van der Waals surface area contributed by atoms with Gasteiger partial charge in [-0.15, -0.1) is 17.0 Å². The van der Waals surface area contributed by atoms with Crippen molar-refractivity contribution < 1.29 is 32.9 Å². The molecular formula is C29H39BrFN3O6. The van der Waals surface area contributed by atoms with E-state index in [0.717, 1.165) is 0 Å². The van der Waals surface area contributed by atoms with E-state index in [2.05, 4.69) is 5.32 Å². The van der Waals surface area contributed by atoms with Gasteiger partial charge in [-0.3, -0.25) is 10.2 Å². The number of fused-ring (bicyclic) bond motifs is 1. The molecule has 11 heteroatoms. The molecule has 220 valence electrons. The fraction of sp³-hybridized carbons (Fsp3) is 0.483. The Morgan fingerprint density at radius 1 is 0.975 bits per heavy atom. The van der Waals surface area contributed by atoms with Gasteiger partial charge in [-0.1, -0.05) is 20.8 Å². The van der Waals surface area contributed by atoms with Gasteiger partial charge in [-0.2, -0.15) is 0 Å². The van der Waals surface area contributed by atoms with Crippen molar-refractivity contribution in [3.05, 3.63) is 46.3 Å². The van der Waals surface area contributed by atoms with E-state index >= 15 is 4.39 Å². The van der Waals surface area contributed by atoms with Gasteiger partial charge in [-0.05, 0) is 56.9 Å². The standard InChI is InChI=1S/C29H38FN3O6.BrH/c1-8-32-28(35)39-25-19(29(5,6)7)12-17(13-21(25)36-9-2)20(34)16-33-15-18-14-22(37-10-3)26(38-11-4)24(30)23(18)27(33)31;/h12-14,31H,8-11,15-16H2,1-7H3,(H,32,35);1H. The van der Waals surface area contributed by atoms with Gasteiger partial charge in [0.15, 0.2) is 34.6 Å². The first kappa shape index (κ1) is 32.9. The molecule has 0 saturated heterocycles. The van der Waals surface area contributed by atoms with E-state index in [1.54, 1.807) is 45.9 Å². The second kappa shape index (κ2) is 13.8. The summed E-state index contributed by atoms with van der Waals surface area (Å²) >= 11 is 0. The summed E-state index contributed by atoms with van der Waals surface area (Å²) in [6, 6.07) is 4.90. The third kappa shape index (κ3) is 7.04. The first-order valence-corrected chi connectivity index (χ1v) is 13.2. The topological polar surface area (TPSA) is 110 Å². The molecule has 2 N–H and O–H groups in total. The van der Waals surface area contributed by atoms with Crippen LogP contribution in [0.25, 0.3) is 0 Å². The Bertz CT molecular complexity index is 1260. The number of amides is 1. The van der Waals surface area contributed by atoms with E-state index in [-0.39, 0.29) is 76.9 Å². The minimum atomic E-state index is -0.668. The van der Waals surface area contributed by atoms with Crippen molar-refractivity contribution in [3.63, 3.8) is 0 Å². The van der Waals surface area contributed by atoms with Crippen LogP contribution in [0.1, 0.15) is 75.5 Å². The number of hydrogen-bond acceptors (Lipinski definition) is 7. The second-order valence-corrected chi connectivity index (χ2v) is 10.00. The first-order valence-electron chi connectivity index (χ1n) is 13.2. The number of rotatable bonds is 11. The van der Waals surface area contributed by atoms with Gasteiger partial charge in [0, 0.05) is 24.2 Å². The minimum absolute atomic E-state index is 0. The molecule has 3 rings (SSSR count). The minimum Gasteiger partial charge on any atom is -0.490 e. The number of carbonyl (C=O) groups is 2. The lowest BCUT2D eigenvalue weighted by atomic mass is 9.84. The Morgan fingerprint density at radius 3 is 2.12 bits per heavy atom. The number of Topliss-reactive ketones (excluding diaryl/α,β-unsaturated/α-hetero) is 1. The SMILES string of the molecule is Br.CCNC(=O)Oc1c(OCC)cc(C(=O)CN2Cc3cc(OCC)c(OCC)c(F)c3C2=N)cc1C(C)(C)C. The van der Waals surface area contributed by atoms with Crippen LogP contribution in [0, 0.1) is 11.2 Å². The molecule has 0 aliphatic carbocycles. The smallest absolute Gasteiger partial charge is 0.412 e. The predicted octanol–water partition coefficient (Wildman–Crippen LogP) is 6.03. The molecule has 0 saturated carbocycles. The number of nitrogens with one attached hydrogen (secondary N) is 2. The van der Waals surface area contributed by atoms with E-state index in [9.17, 15) is 9.59 Å². The zero-order valence-electron chi connectivity index (χ0n) is 24.2. The molecule has 1 aliphatic rings. The molecule has 40 heavy (non-hydrogen) atoms. The molecule has 0 atom stereocenters. The lowest BCUT2D eigenvalue weighted by Crippen LogP contribution is -2.31. The van der Waals surface area contributed by atoms with Crippen LogP contribution in [0.2, 0.25) is 0 Å². The molecule has 1 aliphatic heterocycles. The molecule has 0 bridgehead atoms. The van der Waals surface area contributed by atoms with Crippen LogP contribution in [-0.4, -0.2) is 55.5 Å². The number of nitrogens with zero attached hydrogens (tertiary/aromatic N) is 1. The maximum absolute atomic E-state index is 15.4. The Kier molecular flexibility index (Phi) is 11.4. The third-order valence-electron chi connectivity index (χ3n) is 6.11. The number of ether oxygens (including phenoxy) is 4. The van der Waals surface area contributed by atoms with Gasteiger partial charge >= 0.3 is 6.09 Å². The van der Waals surface area contributed by atoms with Crippen molar-refractivity contribution in [2.45, 2.75) is 60.4 Å². The number of carbonyl (C=O) groups excluding carboxylic acids is 2. The van der Waals surface area contributed by atoms with Gasteiger partial charge in [0.2, 0.25) is 0 Å². The van der Waals surface area contributed by atoms with E-state index in [4.69, 9.17) is 24.4 Å². The van der Waals surface area contributed by atoms with Gasteiger partial charge in [0.25, 0.3) is 0 Å². The Labute approximate surface area is 245 Å². The summed E-state index contributed by atoms with van der Waals surface area (Å²) in [7, 11) is 0. The number of halogens is 2. The van der Waals surface area contributed by atoms with Gasteiger partial charge in [0.05, 0.1) is 31.9 Å². The molecule has 0 unspecified atom stereocenters. The fourth-order valence-corrected chi connectivity index (χ4v) is 4.38. The van der Waals surface area contributed by atoms with Gasteiger partial charge in [-0.25, -0.2) is 9.18 Å². The highest BCUT2D eigenvalue weighted by molar-refractivity contribution is 8.93. The normalized spacial score (nSPS) is 12.4. The predicted molar refractivity (Wildman–Crippen MR) is 157 cm³/mol. The lowest BCUT2D eigenvalue weighted by Gasteiger charge is -2.25. The second-order valence-electron chi connectivity index (χ2n) is 10.00. The average molecular weight is 625 g/mol. The zero-order chi connectivity index (χ0) is 28.9. The van der Waals surface area contributed by atoms with E-state index in [1.165, 1.54) is 4.90 Å². The molecule has 0 spiro atoms. The fourth-order valence-electron chi connectivity index (χ4n) is 4.38. The van der Waals surface area contributed by atoms with Crippen LogP contribution in [-0.2, 0) is 12.0 Å². The Hall–Kier alpha value is -3.34. The monoisotopic (exact) mass is 623 g/mol. The first-order chi connectivity index (χ1) is 18.5. The maximum Gasteiger partial charge on any atom is 0.412 e. The van der Waals surface area contributed by atoms with Crippen molar-refractivity contribution >= 4 is 34.7 Å². The highest BCUT2D eigenvalue weighted by Crippen LogP contribution is 2.41. The third-order valence-corrected chi connectivity index (χ3v) is 6.11. The van der Waals surface area contributed by atoms with Gasteiger partial charge < -0.3 is 29.2 Å². The number of hydrogen-bond donors (Lipinski definition) is 2. The van der Waals surface area contributed by atoms with Crippen molar-refractivity contribution in [3.8, 4) is 23.0 Å². The number of benzene rings is 2. The average Bonchev–Trinajstić information content (AvgIpc) is 3.16. The number of ketones is 1. The van der Waals surface area contributed by atoms with Gasteiger partial charge in [0.1, 0.15) is 5.84 Å². The van der Waals surface area contributed by atoms with Crippen LogP contribution >= 0.6 is 17.0 Å². The molecule has 2 aromatic carbocycles. The molecule has 9 nitrogen and oxygen atoms in total. The van der Waals surface area contributed by atoms with E-state index < -0.39 is 17.3 Å². The van der Waals surface area contributed by atoms with Crippen molar-refractivity contribution in [1.29, 1.82) is 5.41 Å². The molecule has 2 aromatic rings. The largest absolute Gasteiger partial charge is 0.490 e. The molecule has 0 radical (unpaired) electrons. The zero-order valence-corrected chi connectivity index (χ0v) is 25.9. The molecule has 1 heterocycles. The number of amidine groups is 1. The summed E-state index contributed by atoms with van der Waals surface area (Å²) in [5.41, 5.74) is 1.12. The summed E-state index contributed by atoms with van der Waals surface area (Å²) in [6.07, 6.45) is -0.619. The molecule has 1 amide bonds. The summed E-state index contributed by atoms with van der Waals surface area (Å²) < 4.78 is 37.9. The van der Waals surface area contributed by atoms with Crippen molar-refractivity contribution in [2.75, 3.05) is 32.9 Å². The molecular weight excluding hydrogens is 585 g/mol. The highest BCUT2D eigenvalue weighted by Gasteiger charge is 2.34. The Balaban J connectivity index is 0.00000560. The van der Waals surface area contributed by atoms with Crippen LogP contribution in [0.15, 0.2) is 18.2 Å².